The molecule has 1 aromatic heterocycles. The fourth-order valence-corrected chi connectivity index (χ4v) is 7.92. The predicted octanol–water partition coefficient (Wildman–Crippen LogP) is 4.59. The van der Waals surface area contributed by atoms with E-state index in [2.05, 4.69) is 12.2 Å². The summed E-state index contributed by atoms with van der Waals surface area (Å²) < 4.78 is 30.3. The summed E-state index contributed by atoms with van der Waals surface area (Å²) in [6, 6.07) is 11.8. The molecule has 0 spiro atoms. The topological polar surface area (TPSA) is 88.5 Å². The van der Waals surface area contributed by atoms with Crippen molar-refractivity contribution in [3.8, 4) is 0 Å². The summed E-state index contributed by atoms with van der Waals surface area (Å²) >= 11 is 0. The first-order valence-corrected chi connectivity index (χ1v) is 14.9. The van der Waals surface area contributed by atoms with Gasteiger partial charge in [0.1, 0.15) is 0 Å². The van der Waals surface area contributed by atoms with Gasteiger partial charge in [-0.05, 0) is 74.3 Å². The van der Waals surface area contributed by atoms with Crippen LogP contribution in [0.4, 0.5) is 5.69 Å². The van der Waals surface area contributed by atoms with Gasteiger partial charge >= 0.3 is 0 Å². The Bertz CT molecular complexity index is 1250. The quantitative estimate of drug-likeness (QED) is 0.589. The third kappa shape index (κ3) is 5.16. The van der Waals surface area contributed by atoms with Crippen molar-refractivity contribution in [3.63, 3.8) is 0 Å². The van der Waals surface area contributed by atoms with E-state index in [4.69, 9.17) is 0 Å². The van der Waals surface area contributed by atoms with Gasteiger partial charge in [0.25, 0.3) is 5.56 Å². The van der Waals surface area contributed by atoms with Crippen LogP contribution in [0, 0.1) is 17.8 Å². The number of rotatable bonds is 7. The van der Waals surface area contributed by atoms with E-state index in [9.17, 15) is 18.0 Å². The predicted molar refractivity (Wildman–Crippen MR) is 140 cm³/mol. The normalized spacial score (nSPS) is 26.2. The van der Waals surface area contributed by atoms with Gasteiger partial charge in [-0.2, -0.15) is 4.31 Å². The number of amides is 1. The number of fused-ring (bicyclic) bond motifs is 4. The number of carbonyl (C=O) groups is 1. The lowest BCUT2D eigenvalue weighted by Gasteiger charge is -2.42. The van der Waals surface area contributed by atoms with Crippen LogP contribution in [0.5, 0.6) is 0 Å². The molecule has 2 bridgehead atoms. The van der Waals surface area contributed by atoms with E-state index in [0.29, 0.717) is 25.3 Å². The van der Waals surface area contributed by atoms with Gasteiger partial charge in [-0.3, -0.25) is 9.59 Å². The Morgan fingerprint density at radius 2 is 1.75 bits per heavy atom. The van der Waals surface area contributed by atoms with E-state index < -0.39 is 10.0 Å². The van der Waals surface area contributed by atoms with Gasteiger partial charge in [-0.15, -0.1) is 0 Å². The van der Waals surface area contributed by atoms with E-state index in [-0.39, 0.29) is 34.1 Å². The maximum Gasteiger partial charge on any atom is 0.250 e. The van der Waals surface area contributed by atoms with Crippen LogP contribution in [0.2, 0.25) is 0 Å². The summed E-state index contributed by atoms with van der Waals surface area (Å²) in [6.07, 6.45) is 8.76. The molecule has 2 atom stereocenters. The minimum absolute atomic E-state index is 0.0133. The Morgan fingerprint density at radius 1 is 1.00 bits per heavy atom. The molecule has 2 unspecified atom stereocenters. The molecule has 3 aliphatic rings. The van der Waals surface area contributed by atoms with E-state index in [1.54, 1.807) is 45.3 Å². The van der Waals surface area contributed by atoms with Crippen molar-refractivity contribution >= 4 is 21.6 Å². The number of hydrogen-bond donors (Lipinski definition) is 1. The highest BCUT2D eigenvalue weighted by molar-refractivity contribution is 7.89. The number of benzene rings is 1. The number of piperidine rings is 1. The summed E-state index contributed by atoms with van der Waals surface area (Å²) in [4.78, 5) is 25.3. The number of anilines is 1. The van der Waals surface area contributed by atoms with Crippen molar-refractivity contribution in [1.82, 2.24) is 8.87 Å². The molecular formula is C28H37N3O4S. The Kier molecular flexibility index (Phi) is 7.35. The van der Waals surface area contributed by atoms with Crippen molar-refractivity contribution < 1.29 is 13.2 Å². The lowest BCUT2D eigenvalue weighted by Crippen LogP contribution is -2.48. The number of carbonyl (C=O) groups excluding carboxylic acids is 1. The second-order valence-corrected chi connectivity index (χ2v) is 12.8. The van der Waals surface area contributed by atoms with Crippen molar-refractivity contribution in [3.05, 3.63) is 58.5 Å². The van der Waals surface area contributed by atoms with Gasteiger partial charge < -0.3 is 9.88 Å². The number of pyridine rings is 1. The second kappa shape index (κ2) is 10.5. The number of aromatic nitrogens is 1. The standard InChI is InChI=1S/C28H37N3O4S/c1-2-3-5-20-8-10-22(11-9-20)28(33)29-24-12-14-25(15-13-24)36(34,35)30-17-21-16-23(19-30)26-6-4-7-27(32)31(26)18-21/h4,6-7,12-15,20-23H,2-3,5,8-11,16-19H2,1H3,(H,29,33). The number of nitrogens with one attached hydrogen (secondary N) is 1. The largest absolute Gasteiger partial charge is 0.326 e. The molecule has 36 heavy (non-hydrogen) atoms. The number of hydrogen-bond acceptors (Lipinski definition) is 4. The summed E-state index contributed by atoms with van der Waals surface area (Å²) in [5.41, 5.74) is 1.55. The lowest BCUT2D eigenvalue weighted by atomic mass is 9.79. The Morgan fingerprint density at radius 3 is 2.47 bits per heavy atom. The molecule has 194 valence electrons. The molecule has 1 aromatic carbocycles. The molecule has 1 saturated heterocycles. The number of nitrogens with zero attached hydrogens (tertiary/aromatic N) is 2. The molecule has 2 aliphatic heterocycles. The molecule has 1 amide bonds. The van der Waals surface area contributed by atoms with E-state index in [1.807, 2.05) is 6.07 Å². The van der Waals surface area contributed by atoms with Crippen LogP contribution in [0.15, 0.2) is 52.2 Å². The van der Waals surface area contributed by atoms with Crippen molar-refractivity contribution in [2.75, 3.05) is 18.4 Å². The Labute approximate surface area is 213 Å². The second-order valence-electron chi connectivity index (χ2n) is 10.9. The monoisotopic (exact) mass is 511 g/mol. The first-order chi connectivity index (χ1) is 17.3. The highest BCUT2D eigenvalue weighted by Gasteiger charge is 2.39. The highest BCUT2D eigenvalue weighted by Crippen LogP contribution is 2.37. The van der Waals surface area contributed by atoms with Gasteiger partial charge in [0.05, 0.1) is 4.90 Å². The van der Waals surface area contributed by atoms with Crippen molar-refractivity contribution in [2.24, 2.45) is 17.8 Å². The highest BCUT2D eigenvalue weighted by atomic mass is 32.2. The van der Waals surface area contributed by atoms with E-state index in [0.717, 1.165) is 43.7 Å². The molecule has 2 aromatic rings. The van der Waals surface area contributed by atoms with Crippen LogP contribution in [-0.4, -0.2) is 36.3 Å². The summed E-state index contributed by atoms with van der Waals surface area (Å²) in [7, 11) is -3.66. The summed E-state index contributed by atoms with van der Waals surface area (Å²) in [5.74, 6) is 0.979. The fraction of sp³-hybridized carbons (Fsp3) is 0.571. The maximum absolute atomic E-state index is 13.5. The molecule has 0 radical (unpaired) electrons. The third-order valence-electron chi connectivity index (χ3n) is 8.39. The van der Waals surface area contributed by atoms with Crippen molar-refractivity contribution in [1.29, 1.82) is 0 Å². The molecule has 3 heterocycles. The number of unbranched alkanes of at least 4 members (excludes halogenated alkanes) is 1. The summed E-state index contributed by atoms with van der Waals surface area (Å²) in [5, 5.41) is 3.00. The van der Waals surface area contributed by atoms with Crippen LogP contribution < -0.4 is 10.9 Å². The Balaban J connectivity index is 1.21. The first-order valence-electron chi connectivity index (χ1n) is 13.5. The molecule has 2 fully saturated rings. The van der Waals surface area contributed by atoms with Gasteiger partial charge in [-0.1, -0.05) is 32.3 Å². The van der Waals surface area contributed by atoms with Gasteiger partial charge in [0.15, 0.2) is 0 Å². The Hall–Kier alpha value is -2.45. The van der Waals surface area contributed by atoms with Crippen LogP contribution >= 0.6 is 0 Å². The average molecular weight is 512 g/mol. The molecular weight excluding hydrogens is 474 g/mol. The van der Waals surface area contributed by atoms with Gasteiger partial charge in [0.2, 0.25) is 15.9 Å². The third-order valence-corrected chi connectivity index (χ3v) is 10.2. The van der Waals surface area contributed by atoms with Crippen LogP contribution in [0.1, 0.15) is 69.9 Å². The smallest absolute Gasteiger partial charge is 0.250 e. The van der Waals surface area contributed by atoms with Crippen LogP contribution in [-0.2, 0) is 21.4 Å². The zero-order valence-corrected chi connectivity index (χ0v) is 21.9. The van der Waals surface area contributed by atoms with E-state index in [1.165, 1.54) is 19.3 Å². The minimum Gasteiger partial charge on any atom is -0.326 e. The minimum atomic E-state index is -3.66. The average Bonchev–Trinajstić information content (AvgIpc) is 2.88. The molecule has 1 N–H and O–H groups in total. The molecule has 1 saturated carbocycles. The lowest BCUT2D eigenvalue weighted by molar-refractivity contribution is -0.121. The zero-order valence-electron chi connectivity index (χ0n) is 21.1. The molecule has 7 nitrogen and oxygen atoms in total. The van der Waals surface area contributed by atoms with E-state index >= 15 is 0 Å². The van der Waals surface area contributed by atoms with Crippen LogP contribution in [0.25, 0.3) is 0 Å². The molecule has 1 aliphatic carbocycles. The van der Waals surface area contributed by atoms with Gasteiger partial charge in [0, 0.05) is 48.9 Å². The maximum atomic E-state index is 13.5. The number of sulfonamides is 1. The zero-order chi connectivity index (χ0) is 25.3. The first kappa shape index (κ1) is 25.2. The van der Waals surface area contributed by atoms with Gasteiger partial charge in [-0.25, -0.2) is 8.42 Å². The molecule has 5 rings (SSSR count). The van der Waals surface area contributed by atoms with Crippen molar-refractivity contribution in [2.45, 2.75) is 75.6 Å². The summed E-state index contributed by atoms with van der Waals surface area (Å²) in [6.45, 7) is 3.57. The van der Waals surface area contributed by atoms with Crippen LogP contribution in [0.3, 0.4) is 0 Å². The fourth-order valence-electron chi connectivity index (χ4n) is 6.36. The molecule has 8 heteroatoms. The SMILES string of the molecule is CCCCC1CCC(C(=O)Nc2ccc(S(=O)(=O)N3CC4CC(C3)c3cccc(=O)n3C4)cc2)CC1.